The van der Waals surface area contributed by atoms with Crippen LogP contribution in [0.4, 0.5) is 0 Å². The van der Waals surface area contributed by atoms with E-state index in [2.05, 4.69) is 5.32 Å². The summed E-state index contributed by atoms with van der Waals surface area (Å²) < 4.78 is 5.18. The average Bonchev–Trinajstić information content (AvgIpc) is 2.95. The molecule has 0 spiro atoms. The van der Waals surface area contributed by atoms with Gasteiger partial charge in [-0.25, -0.2) is 0 Å². The third-order valence-corrected chi connectivity index (χ3v) is 2.22. The molecule has 0 unspecified atom stereocenters. The molecule has 0 saturated heterocycles. The molecule has 0 atom stereocenters. The highest BCUT2D eigenvalue weighted by Crippen LogP contribution is 2.31. The highest BCUT2D eigenvalue weighted by Gasteiger charge is 2.23. The van der Waals surface area contributed by atoms with Crippen LogP contribution >= 0.6 is 0 Å². The summed E-state index contributed by atoms with van der Waals surface area (Å²) in [5, 5.41) is 2.88. The molecule has 0 aromatic heterocycles. The largest absolute Gasteiger partial charge is 0.380 e. The zero-order valence-electron chi connectivity index (χ0n) is 8.63. The maximum atomic E-state index is 11.2. The second-order valence-corrected chi connectivity index (χ2v) is 3.75. The van der Waals surface area contributed by atoms with Gasteiger partial charge in [-0.15, -0.1) is 0 Å². The van der Waals surface area contributed by atoms with Crippen LogP contribution in [-0.2, 0) is 9.53 Å². The Bertz CT molecular complexity index is 170. The van der Waals surface area contributed by atoms with Gasteiger partial charge in [0.05, 0.1) is 6.61 Å². The van der Waals surface area contributed by atoms with Crippen molar-refractivity contribution in [3.8, 4) is 0 Å². The van der Waals surface area contributed by atoms with Crippen molar-refractivity contribution >= 4 is 5.91 Å². The molecule has 0 aromatic carbocycles. The maximum absolute atomic E-state index is 11.2. The third-order valence-electron chi connectivity index (χ3n) is 2.22. The lowest BCUT2D eigenvalue weighted by Gasteiger charge is -2.04. The second kappa shape index (κ2) is 6.79. The number of hydrogen-bond donors (Lipinski definition) is 2. The fraction of sp³-hybridized carbons (Fsp3) is 0.900. The molecule has 1 aliphatic carbocycles. The summed E-state index contributed by atoms with van der Waals surface area (Å²) >= 11 is 0. The summed E-state index contributed by atoms with van der Waals surface area (Å²) in [6.07, 6.45) is 4.04. The zero-order valence-corrected chi connectivity index (χ0v) is 8.63. The first-order chi connectivity index (χ1) is 6.83. The van der Waals surface area contributed by atoms with Gasteiger partial charge in [0.2, 0.25) is 5.91 Å². The van der Waals surface area contributed by atoms with Crippen molar-refractivity contribution in [2.24, 2.45) is 11.7 Å². The van der Waals surface area contributed by atoms with Gasteiger partial charge in [0, 0.05) is 26.1 Å². The molecule has 0 heterocycles. The summed E-state index contributed by atoms with van der Waals surface area (Å²) in [6.45, 7) is 2.57. The number of rotatable bonds is 8. The molecule has 4 heteroatoms. The molecule has 0 bridgehead atoms. The molecule has 3 N–H and O–H groups in total. The van der Waals surface area contributed by atoms with E-state index in [0.29, 0.717) is 32.1 Å². The summed E-state index contributed by atoms with van der Waals surface area (Å²) in [6, 6.07) is 0. The van der Waals surface area contributed by atoms with Crippen LogP contribution in [0.2, 0.25) is 0 Å². The van der Waals surface area contributed by atoms with Crippen LogP contribution in [-0.4, -0.2) is 32.2 Å². The van der Waals surface area contributed by atoms with Crippen molar-refractivity contribution in [3.05, 3.63) is 0 Å². The van der Waals surface area contributed by atoms with Crippen molar-refractivity contribution < 1.29 is 9.53 Å². The summed E-state index contributed by atoms with van der Waals surface area (Å²) in [4.78, 5) is 11.2. The lowest BCUT2D eigenvalue weighted by molar-refractivity contribution is -0.121. The Morgan fingerprint density at radius 1 is 1.43 bits per heavy atom. The number of nitrogens with two attached hydrogens (primary N) is 1. The topological polar surface area (TPSA) is 64.3 Å². The fourth-order valence-electron chi connectivity index (χ4n) is 1.24. The molecule has 0 aliphatic heterocycles. The normalized spacial score (nSPS) is 15.5. The van der Waals surface area contributed by atoms with Crippen molar-refractivity contribution in [1.82, 2.24) is 5.32 Å². The quantitative estimate of drug-likeness (QED) is 0.553. The summed E-state index contributed by atoms with van der Waals surface area (Å²) in [5.74, 6) is 0.856. The minimum absolute atomic E-state index is 0.186. The van der Waals surface area contributed by atoms with Gasteiger partial charge in [-0.3, -0.25) is 4.79 Å². The first-order valence-corrected chi connectivity index (χ1v) is 5.37. The van der Waals surface area contributed by atoms with E-state index in [1.807, 2.05) is 0 Å². The smallest absolute Gasteiger partial charge is 0.220 e. The van der Waals surface area contributed by atoms with E-state index >= 15 is 0 Å². The molecule has 1 aliphatic rings. The first-order valence-electron chi connectivity index (χ1n) is 5.37. The second-order valence-electron chi connectivity index (χ2n) is 3.75. The summed E-state index contributed by atoms with van der Waals surface area (Å²) in [5.41, 5.74) is 5.26. The summed E-state index contributed by atoms with van der Waals surface area (Å²) in [7, 11) is 0. The van der Waals surface area contributed by atoms with Gasteiger partial charge in [0.1, 0.15) is 0 Å². The Morgan fingerprint density at radius 3 is 2.86 bits per heavy atom. The maximum Gasteiger partial charge on any atom is 0.220 e. The van der Waals surface area contributed by atoms with E-state index in [9.17, 15) is 4.79 Å². The first kappa shape index (κ1) is 11.5. The number of hydrogen-bond acceptors (Lipinski definition) is 3. The molecule has 4 nitrogen and oxygen atoms in total. The molecule has 1 saturated carbocycles. The fourth-order valence-corrected chi connectivity index (χ4v) is 1.24. The van der Waals surface area contributed by atoms with E-state index in [-0.39, 0.29) is 5.91 Å². The molecule has 14 heavy (non-hydrogen) atoms. The van der Waals surface area contributed by atoms with Gasteiger partial charge in [-0.05, 0) is 25.2 Å². The Morgan fingerprint density at radius 2 is 2.21 bits per heavy atom. The zero-order chi connectivity index (χ0) is 10.2. The van der Waals surface area contributed by atoms with Crippen LogP contribution in [0.25, 0.3) is 0 Å². The lowest BCUT2D eigenvalue weighted by Crippen LogP contribution is -2.25. The van der Waals surface area contributed by atoms with Crippen molar-refractivity contribution in [3.63, 3.8) is 0 Å². The van der Waals surface area contributed by atoms with Crippen LogP contribution in [0.1, 0.15) is 25.7 Å². The molecule has 82 valence electrons. The van der Waals surface area contributed by atoms with Crippen molar-refractivity contribution in [2.75, 3.05) is 26.3 Å². The van der Waals surface area contributed by atoms with Gasteiger partial charge in [0.15, 0.2) is 0 Å². The van der Waals surface area contributed by atoms with Crippen LogP contribution in [0, 0.1) is 5.92 Å². The van der Waals surface area contributed by atoms with E-state index in [0.717, 1.165) is 13.0 Å². The number of nitrogens with one attached hydrogen (secondary N) is 1. The average molecular weight is 200 g/mol. The number of ether oxygens (including phenoxy) is 1. The third kappa shape index (κ3) is 5.94. The molecule has 1 amide bonds. The number of carbonyl (C=O) groups excluding carboxylic acids is 1. The molecule has 1 fully saturated rings. The van der Waals surface area contributed by atoms with Crippen LogP contribution in [0.3, 0.4) is 0 Å². The van der Waals surface area contributed by atoms with Gasteiger partial charge in [-0.1, -0.05) is 0 Å². The van der Waals surface area contributed by atoms with Crippen LogP contribution < -0.4 is 11.1 Å². The molecule has 0 radical (unpaired) electrons. The molecular weight excluding hydrogens is 180 g/mol. The van der Waals surface area contributed by atoms with Gasteiger partial charge in [0.25, 0.3) is 0 Å². The van der Waals surface area contributed by atoms with Gasteiger partial charge >= 0.3 is 0 Å². The Hall–Kier alpha value is -0.610. The Labute approximate surface area is 85.2 Å². The van der Waals surface area contributed by atoms with E-state index < -0.39 is 0 Å². The monoisotopic (exact) mass is 200 g/mol. The standard InChI is InChI=1S/C10H20N2O2/c11-4-7-14-6-1-5-12-10(13)8-9-2-3-9/h9H,1-8,11H2,(H,12,13). The van der Waals surface area contributed by atoms with Crippen molar-refractivity contribution in [1.29, 1.82) is 0 Å². The van der Waals surface area contributed by atoms with Gasteiger partial charge < -0.3 is 15.8 Å². The van der Waals surface area contributed by atoms with Gasteiger partial charge in [-0.2, -0.15) is 0 Å². The molecular formula is C10H20N2O2. The SMILES string of the molecule is NCCOCCCNC(=O)CC1CC1. The Balaban J connectivity index is 1.80. The van der Waals surface area contributed by atoms with E-state index in [4.69, 9.17) is 10.5 Å². The predicted octanol–water partition coefficient (Wildman–Crippen LogP) is 0.268. The van der Waals surface area contributed by atoms with Crippen molar-refractivity contribution in [2.45, 2.75) is 25.7 Å². The van der Waals surface area contributed by atoms with Crippen LogP contribution in [0.15, 0.2) is 0 Å². The minimum atomic E-state index is 0.186. The molecule has 1 rings (SSSR count). The molecule has 0 aromatic rings. The minimum Gasteiger partial charge on any atom is -0.380 e. The number of amides is 1. The van der Waals surface area contributed by atoms with E-state index in [1.54, 1.807) is 0 Å². The lowest BCUT2D eigenvalue weighted by atomic mass is 10.3. The highest BCUT2D eigenvalue weighted by atomic mass is 16.5. The van der Waals surface area contributed by atoms with Crippen LogP contribution in [0.5, 0.6) is 0 Å². The predicted molar refractivity (Wildman–Crippen MR) is 54.8 cm³/mol. The number of carbonyl (C=O) groups is 1. The highest BCUT2D eigenvalue weighted by molar-refractivity contribution is 5.76. The Kier molecular flexibility index (Phi) is 5.56. The van der Waals surface area contributed by atoms with E-state index in [1.165, 1.54) is 12.8 Å².